The van der Waals surface area contributed by atoms with E-state index < -0.39 is 0 Å². The Balaban J connectivity index is 2.23. The minimum atomic E-state index is 0.614. The summed E-state index contributed by atoms with van der Waals surface area (Å²) in [7, 11) is 1.64. The summed E-state index contributed by atoms with van der Waals surface area (Å²) in [6, 6.07) is 6.08. The second kappa shape index (κ2) is 3.88. The Bertz CT molecular complexity index is 319. The monoisotopic (exact) mass is 192 g/mol. The fraction of sp³-hybridized carbons (Fsp3) is 0.455. The van der Waals surface area contributed by atoms with E-state index in [1.165, 1.54) is 12.0 Å². The molecule has 1 aliphatic rings. The Hall–Kier alpha value is -1.22. The molecule has 14 heavy (non-hydrogen) atoms. The zero-order valence-electron chi connectivity index (χ0n) is 8.42. The van der Waals surface area contributed by atoms with Crippen LogP contribution in [0.25, 0.3) is 0 Å². The van der Waals surface area contributed by atoms with Crippen molar-refractivity contribution in [1.82, 2.24) is 5.32 Å². The van der Waals surface area contributed by atoms with Gasteiger partial charge in [-0.05, 0) is 36.6 Å². The molecule has 0 radical (unpaired) electrons. The molecule has 0 unspecified atom stereocenters. The Morgan fingerprint density at radius 1 is 1.50 bits per heavy atom. The second-order valence-corrected chi connectivity index (χ2v) is 3.69. The highest BCUT2D eigenvalue weighted by Gasteiger charge is 2.17. The predicted molar refractivity (Wildman–Crippen MR) is 57.6 cm³/mol. The van der Waals surface area contributed by atoms with Gasteiger partial charge in [-0.1, -0.05) is 6.07 Å². The summed E-state index contributed by atoms with van der Waals surface area (Å²) in [5.74, 6) is 1.38. The normalized spacial score (nSPS) is 21.1. The van der Waals surface area contributed by atoms with Crippen LogP contribution in [0.15, 0.2) is 18.2 Å². The molecule has 1 fully saturated rings. The van der Waals surface area contributed by atoms with Crippen LogP contribution in [0.1, 0.15) is 17.9 Å². The van der Waals surface area contributed by atoms with Gasteiger partial charge >= 0.3 is 0 Å². The fourth-order valence-corrected chi connectivity index (χ4v) is 1.95. The number of methoxy groups -OCH3 is 1. The quantitative estimate of drug-likeness (QED) is 0.695. The van der Waals surface area contributed by atoms with Crippen molar-refractivity contribution in [1.29, 1.82) is 0 Å². The molecular formula is C11H16N2O. The van der Waals surface area contributed by atoms with Crippen LogP contribution in [0.3, 0.4) is 0 Å². The van der Waals surface area contributed by atoms with Gasteiger partial charge < -0.3 is 15.8 Å². The lowest BCUT2D eigenvalue weighted by molar-refractivity contribution is 0.416. The highest BCUT2D eigenvalue weighted by molar-refractivity contribution is 5.54. The van der Waals surface area contributed by atoms with Crippen molar-refractivity contribution >= 4 is 5.69 Å². The Morgan fingerprint density at radius 2 is 2.36 bits per heavy atom. The van der Waals surface area contributed by atoms with Crippen molar-refractivity contribution < 1.29 is 4.74 Å². The highest BCUT2D eigenvalue weighted by Crippen LogP contribution is 2.28. The molecule has 3 nitrogen and oxygen atoms in total. The lowest BCUT2D eigenvalue weighted by atomic mass is 9.98. The van der Waals surface area contributed by atoms with Crippen LogP contribution in [0.2, 0.25) is 0 Å². The van der Waals surface area contributed by atoms with E-state index in [1.807, 2.05) is 12.1 Å². The summed E-state index contributed by atoms with van der Waals surface area (Å²) < 4.78 is 5.12. The molecule has 1 saturated heterocycles. The van der Waals surface area contributed by atoms with Crippen LogP contribution in [0.5, 0.6) is 5.75 Å². The molecule has 0 amide bonds. The number of ether oxygens (including phenoxy) is 1. The van der Waals surface area contributed by atoms with E-state index in [2.05, 4.69) is 11.4 Å². The molecule has 1 heterocycles. The number of rotatable bonds is 2. The van der Waals surface area contributed by atoms with E-state index in [9.17, 15) is 0 Å². The van der Waals surface area contributed by atoms with Crippen molar-refractivity contribution in [2.45, 2.75) is 12.3 Å². The largest absolute Gasteiger partial charge is 0.495 e. The lowest BCUT2D eigenvalue weighted by Crippen LogP contribution is -2.08. The Morgan fingerprint density at radius 3 is 2.93 bits per heavy atom. The number of benzene rings is 1. The van der Waals surface area contributed by atoms with Gasteiger partial charge in [-0.3, -0.25) is 0 Å². The van der Waals surface area contributed by atoms with Gasteiger partial charge in [-0.15, -0.1) is 0 Å². The minimum Gasteiger partial charge on any atom is -0.495 e. The number of nitrogens with one attached hydrogen (secondary N) is 1. The smallest absolute Gasteiger partial charge is 0.141 e. The number of hydrogen-bond donors (Lipinski definition) is 2. The zero-order chi connectivity index (χ0) is 9.97. The van der Waals surface area contributed by atoms with Crippen molar-refractivity contribution in [3.63, 3.8) is 0 Å². The van der Waals surface area contributed by atoms with Crippen LogP contribution in [0.4, 0.5) is 5.69 Å². The maximum absolute atomic E-state index is 5.85. The van der Waals surface area contributed by atoms with Crippen LogP contribution in [-0.4, -0.2) is 20.2 Å². The first-order chi connectivity index (χ1) is 6.81. The predicted octanol–water partition coefficient (Wildman–Crippen LogP) is 1.35. The Kier molecular flexibility index (Phi) is 2.59. The third kappa shape index (κ3) is 1.68. The van der Waals surface area contributed by atoms with Gasteiger partial charge in [0.25, 0.3) is 0 Å². The van der Waals surface area contributed by atoms with Crippen molar-refractivity contribution in [2.24, 2.45) is 0 Å². The first kappa shape index (κ1) is 9.34. The van der Waals surface area contributed by atoms with Crippen LogP contribution in [0, 0.1) is 0 Å². The molecule has 1 aliphatic heterocycles. The van der Waals surface area contributed by atoms with Gasteiger partial charge in [-0.2, -0.15) is 0 Å². The molecule has 0 bridgehead atoms. The van der Waals surface area contributed by atoms with Crippen molar-refractivity contribution in [3.8, 4) is 5.75 Å². The van der Waals surface area contributed by atoms with Gasteiger partial charge in [0.15, 0.2) is 0 Å². The summed E-state index contributed by atoms with van der Waals surface area (Å²) >= 11 is 0. The lowest BCUT2D eigenvalue weighted by Gasteiger charge is -2.11. The summed E-state index contributed by atoms with van der Waals surface area (Å²) in [6.07, 6.45) is 1.20. The van der Waals surface area contributed by atoms with E-state index in [4.69, 9.17) is 10.5 Å². The number of anilines is 1. The first-order valence-electron chi connectivity index (χ1n) is 4.95. The fourth-order valence-electron chi connectivity index (χ4n) is 1.95. The van der Waals surface area contributed by atoms with E-state index >= 15 is 0 Å². The number of nitrogens with two attached hydrogens (primary N) is 1. The number of hydrogen-bond acceptors (Lipinski definition) is 3. The molecular weight excluding hydrogens is 176 g/mol. The molecule has 1 aromatic carbocycles. The standard InChI is InChI=1S/C11H16N2O/c1-14-11-3-2-8(6-10(11)12)9-4-5-13-7-9/h2-3,6,9,13H,4-5,7,12H2,1H3/t9-/m1/s1. The summed E-state index contributed by atoms with van der Waals surface area (Å²) in [5.41, 5.74) is 7.90. The zero-order valence-corrected chi connectivity index (χ0v) is 8.42. The maximum atomic E-state index is 5.85. The highest BCUT2D eigenvalue weighted by atomic mass is 16.5. The minimum absolute atomic E-state index is 0.614. The topological polar surface area (TPSA) is 47.3 Å². The molecule has 0 aliphatic carbocycles. The van der Waals surface area contributed by atoms with E-state index in [1.54, 1.807) is 7.11 Å². The van der Waals surface area contributed by atoms with Gasteiger partial charge in [-0.25, -0.2) is 0 Å². The average molecular weight is 192 g/mol. The molecule has 2 rings (SSSR count). The molecule has 3 heteroatoms. The first-order valence-corrected chi connectivity index (χ1v) is 4.95. The summed E-state index contributed by atoms with van der Waals surface area (Å²) in [5, 5.41) is 3.35. The van der Waals surface area contributed by atoms with E-state index in [0.717, 1.165) is 24.5 Å². The number of nitrogen functional groups attached to an aromatic ring is 1. The molecule has 3 N–H and O–H groups in total. The second-order valence-electron chi connectivity index (χ2n) is 3.69. The molecule has 0 saturated carbocycles. The van der Waals surface area contributed by atoms with Crippen LogP contribution >= 0.6 is 0 Å². The SMILES string of the molecule is COc1ccc([C@@H]2CCNC2)cc1N. The third-order valence-corrected chi connectivity index (χ3v) is 2.79. The summed E-state index contributed by atoms with van der Waals surface area (Å²) in [6.45, 7) is 2.17. The van der Waals surface area contributed by atoms with Crippen LogP contribution < -0.4 is 15.8 Å². The average Bonchev–Trinajstić information content (AvgIpc) is 2.70. The summed E-state index contributed by atoms with van der Waals surface area (Å²) in [4.78, 5) is 0. The third-order valence-electron chi connectivity index (χ3n) is 2.79. The van der Waals surface area contributed by atoms with E-state index in [-0.39, 0.29) is 0 Å². The van der Waals surface area contributed by atoms with Crippen LogP contribution in [-0.2, 0) is 0 Å². The molecule has 0 aromatic heterocycles. The van der Waals surface area contributed by atoms with Gasteiger partial charge in [0.1, 0.15) is 5.75 Å². The Labute approximate surface area is 84.3 Å². The van der Waals surface area contributed by atoms with Crippen molar-refractivity contribution in [2.75, 3.05) is 25.9 Å². The molecule has 0 spiro atoms. The molecule has 1 aromatic rings. The molecule has 76 valence electrons. The maximum Gasteiger partial charge on any atom is 0.141 e. The van der Waals surface area contributed by atoms with Crippen molar-refractivity contribution in [3.05, 3.63) is 23.8 Å². The van der Waals surface area contributed by atoms with Gasteiger partial charge in [0.05, 0.1) is 12.8 Å². The van der Waals surface area contributed by atoms with Gasteiger partial charge in [0, 0.05) is 6.54 Å². The van der Waals surface area contributed by atoms with Gasteiger partial charge in [0.2, 0.25) is 0 Å². The molecule has 1 atom stereocenters. The van der Waals surface area contributed by atoms with E-state index in [0.29, 0.717) is 5.92 Å².